The summed E-state index contributed by atoms with van der Waals surface area (Å²) in [7, 11) is 0. The first-order chi connectivity index (χ1) is 19.0. The van der Waals surface area contributed by atoms with Crippen LogP contribution in [0.25, 0.3) is 11.2 Å². The van der Waals surface area contributed by atoms with Crippen LogP contribution in [0.2, 0.25) is 0 Å². The highest BCUT2D eigenvalue weighted by atomic mass is 16.8. The maximum atomic E-state index is 13.0. The van der Waals surface area contributed by atoms with Crippen molar-refractivity contribution in [3.05, 3.63) is 12.7 Å². The van der Waals surface area contributed by atoms with Crippen LogP contribution in [-0.4, -0.2) is 62.6 Å². The van der Waals surface area contributed by atoms with Crippen molar-refractivity contribution < 1.29 is 19.0 Å². The van der Waals surface area contributed by atoms with Crippen LogP contribution in [0.5, 0.6) is 0 Å². The van der Waals surface area contributed by atoms with Gasteiger partial charge in [0.1, 0.15) is 18.5 Å². The van der Waals surface area contributed by atoms with Gasteiger partial charge in [0.2, 0.25) is 0 Å². The number of rotatable bonds is 6. The molecule has 2 aromatic heterocycles. The number of amides is 1. The summed E-state index contributed by atoms with van der Waals surface area (Å²) in [6.45, 7) is 3.39. The highest BCUT2D eigenvalue weighted by Gasteiger charge is 2.61. The molecule has 9 rings (SSSR count). The summed E-state index contributed by atoms with van der Waals surface area (Å²) in [6.07, 6.45) is 14.5. The lowest BCUT2D eigenvalue weighted by atomic mass is 9.49. The Kier molecular flexibility index (Phi) is 5.72. The zero-order chi connectivity index (χ0) is 26.2. The lowest BCUT2D eigenvalue weighted by Gasteiger charge is -2.57. The molecular weight excluding hydrogens is 496 g/mol. The Morgan fingerprint density at radius 3 is 2.44 bits per heavy atom. The zero-order valence-corrected chi connectivity index (χ0v) is 22.8. The predicted molar refractivity (Wildman–Crippen MR) is 143 cm³/mol. The third-order valence-electron chi connectivity index (χ3n) is 10.5. The molecule has 5 saturated carbocycles. The SMILES string of the molecule is CCNC(=O)[C@H]1O[C@@H](n2cnc3c(NCC45CC6CC(CC(C6)C4)C5)ncnc32)C2OC3(CCCCC3)OC21. The van der Waals surface area contributed by atoms with Crippen molar-refractivity contribution in [2.75, 3.05) is 18.4 Å². The lowest BCUT2D eigenvalue weighted by Crippen LogP contribution is -2.49. The van der Waals surface area contributed by atoms with Crippen LogP contribution in [0.3, 0.4) is 0 Å². The number of nitrogens with one attached hydrogen (secondary N) is 2. The van der Waals surface area contributed by atoms with Gasteiger partial charge in [-0.3, -0.25) is 9.36 Å². The van der Waals surface area contributed by atoms with Crippen molar-refractivity contribution in [1.29, 1.82) is 0 Å². The molecule has 1 amide bonds. The van der Waals surface area contributed by atoms with Crippen molar-refractivity contribution in [1.82, 2.24) is 24.8 Å². The van der Waals surface area contributed by atoms with Gasteiger partial charge in [-0.05, 0) is 81.5 Å². The minimum atomic E-state index is -0.741. The summed E-state index contributed by atoms with van der Waals surface area (Å²) >= 11 is 0. The standard InChI is InChI=1S/C29H40N6O4/c1-2-30-26(36)22-21-23(39-29(38-21)6-4-3-5-7-29)27(37-22)35-16-34-20-24(32-15-33-25(20)35)31-14-28-11-17-8-18(12-28)10-19(9-17)13-28/h15-19,21-23,27H,2-14H2,1H3,(H,30,36)(H,31,32,33)/t17?,18?,19?,21?,22-,23?,27+,28?/m0/s1. The molecular formula is C29H40N6O4. The molecule has 2 aromatic rings. The summed E-state index contributed by atoms with van der Waals surface area (Å²) in [6, 6.07) is 0. The van der Waals surface area contributed by atoms with E-state index in [4.69, 9.17) is 19.2 Å². The highest BCUT2D eigenvalue weighted by molar-refractivity contribution is 5.83. The molecule has 10 heteroatoms. The van der Waals surface area contributed by atoms with Crippen LogP contribution in [0, 0.1) is 23.2 Å². The van der Waals surface area contributed by atoms with E-state index in [-0.39, 0.29) is 5.91 Å². The molecule has 7 fully saturated rings. The van der Waals surface area contributed by atoms with E-state index < -0.39 is 30.3 Å². The van der Waals surface area contributed by atoms with Crippen molar-refractivity contribution >= 4 is 22.9 Å². The number of likely N-dealkylation sites (N-methyl/N-ethyl adjacent to an activating group) is 1. The van der Waals surface area contributed by atoms with Crippen LogP contribution >= 0.6 is 0 Å². The smallest absolute Gasteiger partial charge is 0.252 e. The quantitative estimate of drug-likeness (QED) is 0.571. The van der Waals surface area contributed by atoms with Crippen molar-refractivity contribution in [3.8, 4) is 0 Å². The highest BCUT2D eigenvalue weighted by Crippen LogP contribution is 2.60. The van der Waals surface area contributed by atoms with E-state index in [1.807, 2.05) is 11.5 Å². The number of nitrogens with zero attached hydrogens (tertiary/aromatic N) is 4. The average molecular weight is 537 g/mol. The molecule has 4 heterocycles. The largest absolute Gasteiger partial charge is 0.368 e. The van der Waals surface area contributed by atoms with E-state index in [9.17, 15) is 4.79 Å². The normalized spacial score (nSPS) is 39.9. The Bertz CT molecular complexity index is 1220. The van der Waals surface area contributed by atoms with E-state index in [1.165, 1.54) is 44.9 Å². The monoisotopic (exact) mass is 536 g/mol. The van der Waals surface area contributed by atoms with Gasteiger partial charge >= 0.3 is 0 Å². The van der Waals surface area contributed by atoms with E-state index >= 15 is 0 Å². The fourth-order valence-electron chi connectivity index (χ4n) is 9.40. The number of anilines is 1. The number of carbonyl (C=O) groups excluding carboxylic acids is 1. The van der Waals surface area contributed by atoms with Crippen LogP contribution < -0.4 is 10.6 Å². The van der Waals surface area contributed by atoms with Crippen LogP contribution in [-0.2, 0) is 19.0 Å². The molecule has 4 bridgehead atoms. The number of hydrogen-bond donors (Lipinski definition) is 2. The van der Waals surface area contributed by atoms with E-state index in [0.29, 0.717) is 17.6 Å². The van der Waals surface area contributed by atoms with Crippen LogP contribution in [0.4, 0.5) is 5.82 Å². The van der Waals surface area contributed by atoms with Crippen molar-refractivity contribution in [2.24, 2.45) is 23.2 Å². The van der Waals surface area contributed by atoms with E-state index in [2.05, 4.69) is 20.6 Å². The fourth-order valence-corrected chi connectivity index (χ4v) is 9.40. The maximum Gasteiger partial charge on any atom is 0.252 e. The van der Waals surface area contributed by atoms with Crippen LogP contribution in [0.15, 0.2) is 12.7 Å². The molecule has 4 atom stereocenters. The Hall–Kier alpha value is -2.30. The number of carbonyl (C=O) groups is 1. The molecule has 2 saturated heterocycles. The molecule has 210 valence electrons. The van der Waals surface area contributed by atoms with E-state index in [1.54, 1.807) is 12.7 Å². The first-order valence-electron chi connectivity index (χ1n) is 15.2. The fraction of sp³-hybridized carbons (Fsp3) is 0.793. The van der Waals surface area contributed by atoms with Gasteiger partial charge in [0, 0.05) is 25.9 Å². The summed E-state index contributed by atoms with van der Waals surface area (Å²) in [5.74, 6) is 2.72. The first-order valence-corrected chi connectivity index (χ1v) is 15.2. The predicted octanol–water partition coefficient (Wildman–Crippen LogP) is 3.93. The van der Waals surface area contributed by atoms with Crippen LogP contribution in [0.1, 0.15) is 83.8 Å². The molecule has 2 N–H and O–H groups in total. The van der Waals surface area contributed by atoms with Gasteiger partial charge in [0.25, 0.3) is 5.91 Å². The summed E-state index contributed by atoms with van der Waals surface area (Å²) in [4.78, 5) is 27.0. The van der Waals surface area contributed by atoms with Gasteiger partial charge in [-0.15, -0.1) is 0 Å². The number of fused-ring (bicyclic) bond motifs is 2. The number of hydrogen-bond acceptors (Lipinski definition) is 8. The van der Waals surface area contributed by atoms with Gasteiger partial charge in [0.05, 0.1) is 6.33 Å². The second kappa shape index (κ2) is 9.11. The van der Waals surface area contributed by atoms with Gasteiger partial charge in [-0.2, -0.15) is 0 Å². The maximum absolute atomic E-state index is 13.0. The number of ether oxygens (including phenoxy) is 3. The Morgan fingerprint density at radius 2 is 1.72 bits per heavy atom. The molecule has 5 aliphatic carbocycles. The molecule has 0 radical (unpaired) electrons. The number of aromatic nitrogens is 4. The van der Waals surface area contributed by atoms with E-state index in [0.717, 1.165) is 61.3 Å². The third-order valence-corrected chi connectivity index (χ3v) is 10.5. The first kappa shape index (κ1) is 24.5. The second-order valence-corrected chi connectivity index (χ2v) is 13.3. The molecule has 2 unspecified atom stereocenters. The Balaban J connectivity index is 1.07. The van der Waals surface area contributed by atoms with Crippen molar-refractivity contribution in [3.63, 3.8) is 0 Å². The molecule has 0 aromatic carbocycles. The van der Waals surface area contributed by atoms with Crippen molar-refractivity contribution in [2.45, 2.75) is 108 Å². The second-order valence-electron chi connectivity index (χ2n) is 13.3. The lowest BCUT2D eigenvalue weighted by molar-refractivity contribution is -0.229. The molecule has 1 spiro atoms. The van der Waals surface area contributed by atoms with Gasteiger partial charge in [-0.25, -0.2) is 15.0 Å². The molecule has 10 nitrogen and oxygen atoms in total. The summed E-state index contributed by atoms with van der Waals surface area (Å²) in [5.41, 5.74) is 1.81. The van der Waals surface area contributed by atoms with Gasteiger partial charge < -0.3 is 24.8 Å². The van der Waals surface area contributed by atoms with Gasteiger partial charge in [-0.1, -0.05) is 6.42 Å². The zero-order valence-electron chi connectivity index (χ0n) is 22.8. The Morgan fingerprint density at radius 1 is 1.00 bits per heavy atom. The Labute approximate surface area is 229 Å². The molecule has 7 aliphatic rings. The minimum absolute atomic E-state index is 0.163. The molecule has 2 aliphatic heterocycles. The van der Waals surface area contributed by atoms with Gasteiger partial charge in [0.15, 0.2) is 35.1 Å². The third kappa shape index (κ3) is 4.00. The summed E-state index contributed by atoms with van der Waals surface area (Å²) in [5, 5.41) is 6.61. The number of imidazole rings is 1. The molecule has 39 heavy (non-hydrogen) atoms. The topological polar surface area (TPSA) is 112 Å². The minimum Gasteiger partial charge on any atom is -0.368 e. The summed E-state index contributed by atoms with van der Waals surface area (Å²) < 4.78 is 21.5. The average Bonchev–Trinajstić information content (AvgIpc) is 3.59.